The summed E-state index contributed by atoms with van der Waals surface area (Å²) in [5.74, 6) is 1.97. The summed E-state index contributed by atoms with van der Waals surface area (Å²) in [6.07, 6.45) is 5.93. The Hall–Kier alpha value is -6.50. The van der Waals surface area contributed by atoms with Gasteiger partial charge in [0, 0.05) is 55.8 Å². The van der Waals surface area contributed by atoms with Gasteiger partial charge < -0.3 is 33.9 Å². The van der Waals surface area contributed by atoms with Gasteiger partial charge in [-0.25, -0.2) is 0 Å². The first-order chi connectivity index (χ1) is 29.1. The average Bonchev–Trinajstić information content (AvgIpc) is 3.37. The van der Waals surface area contributed by atoms with E-state index in [0.717, 1.165) is 46.1 Å². The van der Waals surface area contributed by atoms with Gasteiger partial charge in [0.15, 0.2) is 29.3 Å². The fraction of sp³-hybridized carbons (Fsp3) is 0.292. The molecule has 5 aromatic carbocycles. The van der Waals surface area contributed by atoms with Crippen molar-refractivity contribution in [1.29, 1.82) is 0 Å². The van der Waals surface area contributed by atoms with E-state index >= 15 is 0 Å². The molecule has 60 heavy (non-hydrogen) atoms. The minimum absolute atomic E-state index is 0.00476. The zero-order valence-corrected chi connectivity index (χ0v) is 34.6. The molecule has 3 heterocycles. The van der Waals surface area contributed by atoms with Gasteiger partial charge in [0.1, 0.15) is 19.0 Å². The molecule has 12 nitrogen and oxygen atoms in total. The minimum Gasteiger partial charge on any atom is -0.508 e. The predicted molar refractivity (Wildman–Crippen MR) is 231 cm³/mol. The standard InChI is InChI=1S/C48H49N5O7/c1-51(2)24-30-12-31(28-59-46-20-42(37(27-54)18-44(46)57-4)49-22-38-15-34-10-11-40(55)17-36(34)25-52(38)3)14-32(13-30)29-60-47-21-43-41(19-45(47)58-5)48(56)53-26-35-9-7-6-8-33(35)16-39(53)23-50-43/h6-14,17-23,27,38-39,55H,15-16,24-26,28-29H2,1-5H3. The van der Waals surface area contributed by atoms with Crippen molar-refractivity contribution in [2.45, 2.75) is 57.8 Å². The van der Waals surface area contributed by atoms with E-state index < -0.39 is 0 Å². The number of amides is 1. The molecule has 12 heteroatoms. The normalized spacial score (nSPS) is 17.1. The lowest BCUT2D eigenvalue weighted by Gasteiger charge is -2.34. The van der Waals surface area contributed by atoms with Crippen molar-refractivity contribution in [2.24, 2.45) is 9.98 Å². The van der Waals surface area contributed by atoms with E-state index in [9.17, 15) is 14.7 Å². The minimum atomic E-state index is -0.141. The Bertz CT molecular complexity index is 2500. The van der Waals surface area contributed by atoms with Crippen LogP contribution >= 0.6 is 0 Å². The van der Waals surface area contributed by atoms with Gasteiger partial charge in [-0.2, -0.15) is 0 Å². The maximum Gasteiger partial charge on any atom is 0.257 e. The molecule has 1 amide bonds. The van der Waals surface area contributed by atoms with Crippen LogP contribution in [0, 0.1) is 0 Å². The fourth-order valence-corrected chi connectivity index (χ4v) is 8.21. The third-order valence-corrected chi connectivity index (χ3v) is 11.3. The van der Waals surface area contributed by atoms with Crippen molar-refractivity contribution in [3.63, 3.8) is 0 Å². The SMILES string of the molecule is COc1cc(C=O)c(N=CC2Cc3ccc(O)cc3CN2C)cc1OCc1cc(COc2cc3c(cc2OC)C(=O)N2Cc4ccccc4CC2C=N3)cc(CN(C)C)c1. The number of carbonyl (C=O) groups is 2. The Morgan fingerprint density at radius 1 is 0.800 bits per heavy atom. The van der Waals surface area contributed by atoms with Crippen molar-refractivity contribution in [1.82, 2.24) is 14.7 Å². The highest BCUT2D eigenvalue weighted by Crippen LogP contribution is 2.39. The van der Waals surface area contributed by atoms with Crippen LogP contribution in [-0.2, 0) is 45.7 Å². The Balaban J connectivity index is 1.01. The number of phenols is 1. The molecule has 2 unspecified atom stereocenters. The molecule has 0 aromatic heterocycles. The van der Waals surface area contributed by atoms with Crippen molar-refractivity contribution in [3.8, 4) is 28.7 Å². The van der Waals surface area contributed by atoms with Gasteiger partial charge in [-0.05, 0) is 103 Å². The van der Waals surface area contributed by atoms with E-state index in [1.165, 1.54) is 5.56 Å². The maximum absolute atomic E-state index is 13.9. The molecule has 0 spiro atoms. The number of carbonyl (C=O) groups excluding carboxylic acids is 2. The highest BCUT2D eigenvalue weighted by Gasteiger charge is 2.33. The number of methoxy groups -OCH3 is 2. The Morgan fingerprint density at radius 3 is 2.20 bits per heavy atom. The van der Waals surface area contributed by atoms with Gasteiger partial charge in [0.25, 0.3) is 5.91 Å². The quantitative estimate of drug-likeness (QED) is 0.0952. The lowest BCUT2D eigenvalue weighted by Crippen LogP contribution is -2.44. The Morgan fingerprint density at radius 2 is 1.48 bits per heavy atom. The predicted octanol–water partition coefficient (Wildman–Crippen LogP) is 7.48. The molecule has 0 aliphatic carbocycles. The molecule has 0 saturated heterocycles. The molecule has 8 rings (SSSR count). The van der Waals surface area contributed by atoms with Crippen LogP contribution in [0.3, 0.4) is 0 Å². The summed E-state index contributed by atoms with van der Waals surface area (Å²) in [5, 5.41) is 9.95. The summed E-state index contributed by atoms with van der Waals surface area (Å²) in [6.45, 7) is 2.32. The third kappa shape index (κ3) is 8.61. The van der Waals surface area contributed by atoms with Gasteiger partial charge in [-0.3, -0.25) is 24.5 Å². The summed E-state index contributed by atoms with van der Waals surface area (Å²) in [7, 11) is 9.16. The first kappa shape index (κ1) is 40.3. The monoisotopic (exact) mass is 807 g/mol. The summed E-state index contributed by atoms with van der Waals surface area (Å²) < 4.78 is 24.3. The number of fused-ring (bicyclic) bond motifs is 4. The topological polar surface area (TPSA) is 126 Å². The smallest absolute Gasteiger partial charge is 0.257 e. The summed E-state index contributed by atoms with van der Waals surface area (Å²) in [5.41, 5.74) is 9.40. The van der Waals surface area contributed by atoms with E-state index in [1.807, 2.05) is 62.7 Å². The number of aliphatic imine (C=N–C) groups is 2. The zero-order valence-electron chi connectivity index (χ0n) is 34.6. The van der Waals surface area contributed by atoms with Crippen LogP contribution in [0.2, 0.25) is 0 Å². The Labute approximate surface area is 350 Å². The second-order valence-corrected chi connectivity index (χ2v) is 15.8. The Kier molecular flexibility index (Phi) is 11.7. The van der Waals surface area contributed by atoms with Gasteiger partial charge in [-0.1, -0.05) is 42.5 Å². The molecule has 1 N–H and O–H groups in total. The highest BCUT2D eigenvalue weighted by molar-refractivity contribution is 6.03. The van der Waals surface area contributed by atoms with Crippen LogP contribution in [0.15, 0.2) is 94.9 Å². The van der Waals surface area contributed by atoms with Crippen LogP contribution in [0.4, 0.5) is 11.4 Å². The lowest BCUT2D eigenvalue weighted by atomic mass is 9.94. The molecule has 5 aromatic rings. The van der Waals surface area contributed by atoms with E-state index in [-0.39, 0.29) is 37.0 Å². The van der Waals surface area contributed by atoms with Gasteiger partial charge >= 0.3 is 0 Å². The molecule has 308 valence electrons. The molecular formula is C48H49N5O7. The third-order valence-electron chi connectivity index (χ3n) is 11.3. The van der Waals surface area contributed by atoms with Crippen LogP contribution in [0.5, 0.6) is 28.7 Å². The molecule has 3 aliphatic rings. The number of aromatic hydroxyl groups is 1. The first-order valence-electron chi connectivity index (χ1n) is 20.0. The number of hydrogen-bond acceptors (Lipinski definition) is 11. The average molecular weight is 808 g/mol. The van der Waals surface area contributed by atoms with Crippen LogP contribution in [0.1, 0.15) is 59.7 Å². The lowest BCUT2D eigenvalue weighted by molar-refractivity contribution is 0.0703. The number of hydrogen-bond donors (Lipinski definition) is 1. The molecule has 2 atom stereocenters. The van der Waals surface area contributed by atoms with Crippen LogP contribution < -0.4 is 18.9 Å². The molecule has 0 radical (unpaired) electrons. The number of likely N-dealkylation sites (N-methyl/N-ethyl adjacent to an activating group) is 1. The number of aldehydes is 1. The first-order valence-corrected chi connectivity index (χ1v) is 20.0. The number of nitrogens with zero attached hydrogens (tertiary/aromatic N) is 5. The second kappa shape index (κ2) is 17.4. The zero-order chi connectivity index (χ0) is 41.9. The van der Waals surface area contributed by atoms with Crippen LogP contribution in [0.25, 0.3) is 0 Å². The van der Waals surface area contributed by atoms with E-state index in [0.29, 0.717) is 71.6 Å². The summed E-state index contributed by atoms with van der Waals surface area (Å²) in [4.78, 5) is 41.8. The second-order valence-electron chi connectivity index (χ2n) is 15.8. The highest BCUT2D eigenvalue weighted by atomic mass is 16.5. The van der Waals surface area contributed by atoms with Crippen molar-refractivity contribution < 1.29 is 33.6 Å². The number of phenolic OH excluding ortho intramolecular Hbond substituents is 1. The van der Waals surface area contributed by atoms with Crippen molar-refractivity contribution in [2.75, 3.05) is 35.4 Å². The maximum atomic E-state index is 13.9. The molecule has 0 bridgehead atoms. The van der Waals surface area contributed by atoms with E-state index in [2.05, 4.69) is 34.1 Å². The van der Waals surface area contributed by atoms with E-state index in [4.69, 9.17) is 28.9 Å². The molecule has 3 aliphatic heterocycles. The van der Waals surface area contributed by atoms with E-state index in [1.54, 1.807) is 50.6 Å². The number of rotatable bonds is 13. The van der Waals surface area contributed by atoms with Crippen LogP contribution in [-0.4, -0.2) is 91.9 Å². The van der Waals surface area contributed by atoms with Gasteiger partial charge in [0.2, 0.25) is 0 Å². The van der Waals surface area contributed by atoms with Crippen molar-refractivity contribution in [3.05, 3.63) is 135 Å². The van der Waals surface area contributed by atoms with Crippen molar-refractivity contribution >= 4 is 36.0 Å². The fourth-order valence-electron chi connectivity index (χ4n) is 8.21. The number of ether oxygens (including phenoxy) is 4. The summed E-state index contributed by atoms with van der Waals surface area (Å²) in [6, 6.07) is 26.7. The molecular weight excluding hydrogens is 759 g/mol. The number of benzene rings is 5. The largest absolute Gasteiger partial charge is 0.508 e. The summed E-state index contributed by atoms with van der Waals surface area (Å²) >= 11 is 0. The van der Waals surface area contributed by atoms with Gasteiger partial charge in [0.05, 0.1) is 37.2 Å². The van der Waals surface area contributed by atoms with Gasteiger partial charge in [-0.15, -0.1) is 0 Å². The molecule has 0 fully saturated rings. The molecule has 0 saturated carbocycles.